The van der Waals surface area contributed by atoms with E-state index in [4.69, 9.17) is 4.98 Å². The van der Waals surface area contributed by atoms with E-state index in [1.54, 1.807) is 30.7 Å². The zero-order chi connectivity index (χ0) is 31.2. The number of anilines is 2. The van der Waals surface area contributed by atoms with E-state index in [9.17, 15) is 26.0 Å². The molecule has 15 heteroatoms. The number of amides is 1. The molecule has 1 atom stereocenters. The normalized spacial score (nSPS) is 16.2. The lowest BCUT2D eigenvalue weighted by Crippen LogP contribution is -2.16. The molecule has 0 saturated carbocycles. The standard InChI is InChI=1S/C29H26FN7O5S2/c1-17-11-13-31-29(32-17)36-44(41,42)23-9-7-21(8-10-23)33-28(38)24-15-25(19-3-5-20(30)6-4-19)34-27-26(24)18(2)35-37(27)22-12-14-43(39,40)16-22/h3-11,13,15,22H,12,14,16H2,1-2H3,(H,33,38)(H,31,32,36). The molecular formula is C29H26FN7O5S2. The number of nitrogens with one attached hydrogen (secondary N) is 2. The maximum absolute atomic E-state index is 13.7. The minimum Gasteiger partial charge on any atom is -0.322 e. The molecule has 1 amide bonds. The van der Waals surface area contributed by atoms with E-state index in [1.807, 2.05) is 0 Å². The molecule has 0 bridgehead atoms. The van der Waals surface area contributed by atoms with Crippen LogP contribution in [-0.4, -0.2) is 59.0 Å². The summed E-state index contributed by atoms with van der Waals surface area (Å²) in [7, 11) is -7.23. The van der Waals surface area contributed by atoms with Gasteiger partial charge < -0.3 is 5.32 Å². The minimum absolute atomic E-state index is 0.0301. The summed E-state index contributed by atoms with van der Waals surface area (Å²) < 4.78 is 67.7. The first kappa shape index (κ1) is 29.3. The minimum atomic E-state index is -3.99. The monoisotopic (exact) mass is 635 g/mol. The number of carbonyl (C=O) groups is 1. The summed E-state index contributed by atoms with van der Waals surface area (Å²) in [6.07, 6.45) is 1.81. The van der Waals surface area contributed by atoms with Crippen LogP contribution in [0.4, 0.5) is 16.0 Å². The second-order valence-electron chi connectivity index (χ2n) is 10.5. The van der Waals surface area contributed by atoms with E-state index < -0.39 is 37.6 Å². The molecule has 226 valence electrons. The Bertz CT molecular complexity index is 2130. The van der Waals surface area contributed by atoms with E-state index in [0.29, 0.717) is 45.8 Å². The Morgan fingerprint density at radius 1 is 1.02 bits per heavy atom. The summed E-state index contributed by atoms with van der Waals surface area (Å²) >= 11 is 0. The third kappa shape index (κ3) is 5.88. The molecule has 1 aliphatic heterocycles. The van der Waals surface area contributed by atoms with E-state index in [0.717, 1.165) is 0 Å². The van der Waals surface area contributed by atoms with Crippen molar-refractivity contribution >= 4 is 48.4 Å². The predicted octanol–water partition coefficient (Wildman–Crippen LogP) is 4.06. The summed E-state index contributed by atoms with van der Waals surface area (Å²) in [6, 6.07) is 14.0. The third-order valence-corrected chi connectivity index (χ3v) is 10.3. The van der Waals surface area contributed by atoms with Gasteiger partial charge in [-0.15, -0.1) is 0 Å². The molecule has 6 rings (SSSR count). The molecule has 1 saturated heterocycles. The van der Waals surface area contributed by atoms with E-state index in [1.165, 1.54) is 54.7 Å². The molecule has 2 N–H and O–H groups in total. The summed E-state index contributed by atoms with van der Waals surface area (Å²) in [4.78, 5) is 26.4. The van der Waals surface area contributed by atoms with Crippen LogP contribution < -0.4 is 10.0 Å². The molecule has 0 aliphatic carbocycles. The average Bonchev–Trinajstić information content (AvgIpc) is 3.51. The highest BCUT2D eigenvalue weighted by Gasteiger charge is 2.32. The Morgan fingerprint density at radius 3 is 2.41 bits per heavy atom. The van der Waals surface area contributed by atoms with Gasteiger partial charge in [0.2, 0.25) is 5.95 Å². The molecule has 2 aromatic carbocycles. The van der Waals surface area contributed by atoms with Crippen LogP contribution >= 0.6 is 0 Å². The smallest absolute Gasteiger partial charge is 0.264 e. The van der Waals surface area contributed by atoms with Gasteiger partial charge in [0.15, 0.2) is 15.5 Å². The van der Waals surface area contributed by atoms with Crippen LogP contribution in [0, 0.1) is 19.7 Å². The quantitative estimate of drug-likeness (QED) is 0.268. The summed E-state index contributed by atoms with van der Waals surface area (Å²) in [5.41, 5.74) is 2.87. The number of hydrogen-bond acceptors (Lipinski definition) is 9. The number of halogens is 1. The Kier molecular flexibility index (Phi) is 7.37. The largest absolute Gasteiger partial charge is 0.322 e. The lowest BCUT2D eigenvalue weighted by molar-refractivity contribution is 0.102. The van der Waals surface area contributed by atoms with Gasteiger partial charge in [0.1, 0.15) is 5.82 Å². The molecule has 1 unspecified atom stereocenters. The lowest BCUT2D eigenvalue weighted by Gasteiger charge is -2.13. The van der Waals surface area contributed by atoms with Gasteiger partial charge in [-0.2, -0.15) is 5.10 Å². The number of aryl methyl sites for hydroxylation is 2. The van der Waals surface area contributed by atoms with Crippen molar-refractivity contribution in [3.05, 3.63) is 89.6 Å². The highest BCUT2D eigenvalue weighted by atomic mass is 32.2. The van der Waals surface area contributed by atoms with Crippen LogP contribution in [0.2, 0.25) is 0 Å². The van der Waals surface area contributed by atoms with Crippen molar-refractivity contribution in [3.63, 3.8) is 0 Å². The number of hydrogen-bond donors (Lipinski definition) is 2. The number of sulfonamides is 1. The fraction of sp³-hybridized carbons (Fsp3) is 0.207. The van der Waals surface area contributed by atoms with Gasteiger partial charge in [-0.25, -0.2) is 45.6 Å². The van der Waals surface area contributed by atoms with E-state index in [-0.39, 0.29) is 27.9 Å². The first-order valence-corrected chi connectivity index (χ1v) is 16.8. The van der Waals surface area contributed by atoms with Gasteiger partial charge in [0.05, 0.1) is 44.8 Å². The van der Waals surface area contributed by atoms with Gasteiger partial charge in [0, 0.05) is 23.1 Å². The molecule has 5 aromatic rings. The maximum atomic E-state index is 13.7. The Morgan fingerprint density at radius 2 is 1.75 bits per heavy atom. The molecule has 1 aliphatic rings. The van der Waals surface area contributed by atoms with Crippen LogP contribution in [0.25, 0.3) is 22.3 Å². The summed E-state index contributed by atoms with van der Waals surface area (Å²) in [5.74, 6) is -1.08. The summed E-state index contributed by atoms with van der Waals surface area (Å²) in [6.45, 7) is 3.42. The second kappa shape index (κ2) is 11.1. The summed E-state index contributed by atoms with van der Waals surface area (Å²) in [5, 5.41) is 7.82. The highest BCUT2D eigenvalue weighted by molar-refractivity contribution is 7.92. The Hall–Kier alpha value is -4.76. The number of benzene rings is 2. The van der Waals surface area contributed by atoms with Crippen LogP contribution in [0.1, 0.15) is 34.2 Å². The SMILES string of the molecule is Cc1ccnc(NS(=O)(=O)c2ccc(NC(=O)c3cc(-c4ccc(F)cc4)nc4c3c(C)nn4C3CCS(=O)(=O)C3)cc2)n1. The molecule has 12 nitrogen and oxygen atoms in total. The maximum Gasteiger partial charge on any atom is 0.264 e. The Labute approximate surface area is 252 Å². The van der Waals surface area contributed by atoms with Gasteiger partial charge in [0.25, 0.3) is 15.9 Å². The lowest BCUT2D eigenvalue weighted by atomic mass is 10.0. The van der Waals surface area contributed by atoms with Crippen LogP contribution in [0.5, 0.6) is 0 Å². The molecule has 0 spiro atoms. The second-order valence-corrected chi connectivity index (χ2v) is 14.4. The molecule has 4 heterocycles. The highest BCUT2D eigenvalue weighted by Crippen LogP contribution is 2.32. The molecule has 44 heavy (non-hydrogen) atoms. The number of aromatic nitrogens is 5. The predicted molar refractivity (Wildman–Crippen MR) is 162 cm³/mol. The van der Waals surface area contributed by atoms with Crippen LogP contribution in [0.15, 0.2) is 71.8 Å². The topological polar surface area (TPSA) is 166 Å². The fourth-order valence-corrected chi connectivity index (χ4v) is 7.72. The van der Waals surface area contributed by atoms with Gasteiger partial charge in [-0.1, -0.05) is 0 Å². The van der Waals surface area contributed by atoms with Crippen molar-refractivity contribution in [3.8, 4) is 11.3 Å². The zero-order valence-corrected chi connectivity index (χ0v) is 25.2. The number of sulfone groups is 1. The van der Waals surface area contributed by atoms with Crippen molar-refractivity contribution in [1.29, 1.82) is 0 Å². The molecule has 1 fully saturated rings. The van der Waals surface area contributed by atoms with Crippen LogP contribution in [-0.2, 0) is 19.9 Å². The van der Waals surface area contributed by atoms with Gasteiger partial charge >= 0.3 is 0 Å². The number of carbonyl (C=O) groups excluding carboxylic acids is 1. The number of fused-ring (bicyclic) bond motifs is 1. The Balaban J connectivity index is 1.34. The van der Waals surface area contributed by atoms with E-state index in [2.05, 4.69) is 25.1 Å². The fourth-order valence-electron chi connectivity index (χ4n) is 5.08. The number of nitrogens with zero attached hydrogens (tertiary/aromatic N) is 5. The van der Waals surface area contributed by atoms with Crippen molar-refractivity contribution in [2.75, 3.05) is 21.5 Å². The zero-order valence-electron chi connectivity index (χ0n) is 23.5. The van der Waals surface area contributed by atoms with Crippen molar-refractivity contribution in [2.24, 2.45) is 0 Å². The van der Waals surface area contributed by atoms with E-state index >= 15 is 0 Å². The van der Waals surface area contributed by atoms with Crippen molar-refractivity contribution in [2.45, 2.75) is 31.2 Å². The number of pyridine rings is 1. The van der Waals surface area contributed by atoms with Crippen LogP contribution in [0.3, 0.4) is 0 Å². The molecule has 3 aromatic heterocycles. The first-order valence-electron chi connectivity index (χ1n) is 13.5. The number of rotatable bonds is 7. The molecular weight excluding hydrogens is 609 g/mol. The van der Waals surface area contributed by atoms with Gasteiger partial charge in [-0.3, -0.25) is 4.79 Å². The third-order valence-electron chi connectivity index (χ3n) is 7.22. The van der Waals surface area contributed by atoms with Crippen molar-refractivity contribution < 1.29 is 26.0 Å². The first-order chi connectivity index (χ1) is 20.9. The average molecular weight is 636 g/mol. The van der Waals surface area contributed by atoms with Gasteiger partial charge in [-0.05, 0) is 80.9 Å². The molecule has 0 radical (unpaired) electrons. The van der Waals surface area contributed by atoms with Crippen molar-refractivity contribution in [1.82, 2.24) is 24.7 Å².